The minimum absolute atomic E-state index is 0.0567. The molecule has 0 radical (unpaired) electrons. The molecule has 7 heteroatoms. The first-order valence-electron chi connectivity index (χ1n) is 9.59. The standard InChI is InChI=1S/C20H29N5O2/c1-16(8-15-25-12-3-11-21-25)22-20(26)23-17-4-6-18(7-5-17)27-19-9-13-24(2)14-10-19/h3-7,11-12,16,19H,8-10,13-15H2,1-2H3,(H2,22,23,26)/t16-/m1/s1. The van der Waals surface area contributed by atoms with Crippen LogP contribution in [0.15, 0.2) is 42.7 Å². The maximum atomic E-state index is 12.1. The van der Waals surface area contributed by atoms with E-state index in [1.165, 1.54) is 0 Å². The highest BCUT2D eigenvalue weighted by molar-refractivity contribution is 5.89. The van der Waals surface area contributed by atoms with Crippen molar-refractivity contribution < 1.29 is 9.53 Å². The third-order valence-corrected chi connectivity index (χ3v) is 4.81. The number of ether oxygens (including phenoxy) is 1. The zero-order chi connectivity index (χ0) is 19.1. The second-order valence-corrected chi connectivity index (χ2v) is 7.20. The van der Waals surface area contributed by atoms with E-state index in [0.717, 1.165) is 50.3 Å². The fourth-order valence-corrected chi connectivity index (χ4v) is 3.13. The van der Waals surface area contributed by atoms with E-state index >= 15 is 0 Å². The van der Waals surface area contributed by atoms with Crippen LogP contribution in [0.1, 0.15) is 26.2 Å². The number of rotatable bonds is 7. The van der Waals surface area contributed by atoms with Gasteiger partial charge in [-0.25, -0.2) is 4.79 Å². The molecule has 3 rings (SSSR count). The van der Waals surface area contributed by atoms with Gasteiger partial charge in [-0.15, -0.1) is 0 Å². The Morgan fingerprint density at radius 3 is 2.70 bits per heavy atom. The molecule has 2 N–H and O–H groups in total. The van der Waals surface area contributed by atoms with E-state index in [2.05, 4.69) is 27.7 Å². The molecule has 0 saturated carbocycles. The van der Waals surface area contributed by atoms with E-state index in [-0.39, 0.29) is 18.2 Å². The van der Waals surface area contributed by atoms with Crippen molar-refractivity contribution in [2.45, 2.75) is 44.9 Å². The molecule has 0 spiro atoms. The van der Waals surface area contributed by atoms with Gasteiger partial charge < -0.3 is 20.3 Å². The largest absolute Gasteiger partial charge is 0.490 e. The molecule has 0 aliphatic carbocycles. The number of likely N-dealkylation sites (tertiary alicyclic amines) is 1. The van der Waals surface area contributed by atoms with Crippen LogP contribution in [0.4, 0.5) is 10.5 Å². The molecule has 7 nitrogen and oxygen atoms in total. The van der Waals surface area contributed by atoms with Gasteiger partial charge in [-0.1, -0.05) is 0 Å². The van der Waals surface area contributed by atoms with E-state index in [0.29, 0.717) is 0 Å². The van der Waals surface area contributed by atoms with Crippen molar-refractivity contribution in [3.63, 3.8) is 0 Å². The Labute approximate surface area is 160 Å². The Kier molecular flexibility index (Phi) is 6.70. The summed E-state index contributed by atoms with van der Waals surface area (Å²) >= 11 is 0. The number of carbonyl (C=O) groups is 1. The lowest BCUT2D eigenvalue weighted by Crippen LogP contribution is -2.36. The Morgan fingerprint density at radius 2 is 2.04 bits per heavy atom. The fourth-order valence-electron chi connectivity index (χ4n) is 3.13. The molecule has 0 unspecified atom stereocenters. The Bertz CT molecular complexity index is 694. The van der Waals surface area contributed by atoms with Gasteiger partial charge in [0.1, 0.15) is 11.9 Å². The summed E-state index contributed by atoms with van der Waals surface area (Å²) in [7, 11) is 2.14. The van der Waals surface area contributed by atoms with Gasteiger partial charge in [0.25, 0.3) is 0 Å². The van der Waals surface area contributed by atoms with Gasteiger partial charge >= 0.3 is 6.03 Å². The van der Waals surface area contributed by atoms with Crippen molar-refractivity contribution in [3.8, 4) is 5.75 Å². The number of urea groups is 1. The van der Waals surface area contributed by atoms with Crippen molar-refractivity contribution in [1.82, 2.24) is 20.0 Å². The summed E-state index contributed by atoms with van der Waals surface area (Å²) in [6.07, 6.45) is 6.87. The lowest BCUT2D eigenvalue weighted by atomic mass is 10.1. The molecule has 27 heavy (non-hydrogen) atoms. The number of anilines is 1. The van der Waals surface area contributed by atoms with Crippen molar-refractivity contribution in [2.24, 2.45) is 0 Å². The normalized spacial score (nSPS) is 16.7. The van der Waals surface area contributed by atoms with E-state index in [1.54, 1.807) is 6.20 Å². The average molecular weight is 371 g/mol. The molecular weight excluding hydrogens is 342 g/mol. The third-order valence-electron chi connectivity index (χ3n) is 4.81. The number of nitrogens with one attached hydrogen (secondary N) is 2. The van der Waals surface area contributed by atoms with Crippen LogP contribution < -0.4 is 15.4 Å². The minimum atomic E-state index is -0.202. The molecule has 1 fully saturated rings. The minimum Gasteiger partial charge on any atom is -0.490 e. The van der Waals surface area contributed by atoms with Gasteiger partial charge in [-0.3, -0.25) is 4.68 Å². The topological polar surface area (TPSA) is 71.4 Å². The van der Waals surface area contributed by atoms with Gasteiger partial charge in [-0.2, -0.15) is 5.10 Å². The maximum absolute atomic E-state index is 12.1. The summed E-state index contributed by atoms with van der Waals surface area (Å²) in [6, 6.07) is 9.32. The van der Waals surface area contributed by atoms with Crippen LogP contribution in [0.25, 0.3) is 0 Å². The highest BCUT2D eigenvalue weighted by Crippen LogP contribution is 2.20. The number of hydrogen-bond donors (Lipinski definition) is 2. The summed E-state index contributed by atoms with van der Waals surface area (Å²) in [6.45, 7) is 4.91. The number of aromatic nitrogens is 2. The molecule has 0 bridgehead atoms. The van der Waals surface area contributed by atoms with Gasteiger partial charge in [-0.05, 0) is 63.6 Å². The summed E-state index contributed by atoms with van der Waals surface area (Å²) in [5, 5.41) is 9.98. The molecule has 1 atom stereocenters. The predicted octanol–water partition coefficient (Wildman–Crippen LogP) is 2.96. The molecule has 2 amide bonds. The highest BCUT2D eigenvalue weighted by atomic mass is 16.5. The first kappa shape index (κ1) is 19.2. The Hall–Kier alpha value is -2.54. The maximum Gasteiger partial charge on any atom is 0.319 e. The number of nitrogens with zero attached hydrogens (tertiary/aromatic N) is 3. The SMILES string of the molecule is C[C@H](CCn1cccn1)NC(=O)Nc1ccc(OC2CCN(C)CC2)cc1. The van der Waals surface area contributed by atoms with Crippen LogP contribution in [0, 0.1) is 0 Å². The molecule has 146 valence electrons. The van der Waals surface area contributed by atoms with E-state index in [9.17, 15) is 4.79 Å². The number of aryl methyl sites for hydroxylation is 1. The second kappa shape index (κ2) is 9.41. The van der Waals surface area contributed by atoms with E-state index < -0.39 is 0 Å². The summed E-state index contributed by atoms with van der Waals surface area (Å²) in [4.78, 5) is 14.5. The molecule has 1 saturated heterocycles. The zero-order valence-electron chi connectivity index (χ0n) is 16.1. The van der Waals surface area contributed by atoms with Crippen molar-refractivity contribution >= 4 is 11.7 Å². The quantitative estimate of drug-likeness (QED) is 0.785. The average Bonchev–Trinajstić information content (AvgIpc) is 3.17. The van der Waals surface area contributed by atoms with Crippen molar-refractivity contribution in [1.29, 1.82) is 0 Å². The van der Waals surface area contributed by atoms with Crippen LogP contribution >= 0.6 is 0 Å². The van der Waals surface area contributed by atoms with E-state index in [4.69, 9.17) is 4.74 Å². The number of hydrogen-bond acceptors (Lipinski definition) is 4. The van der Waals surface area contributed by atoms with Gasteiger partial charge in [0.2, 0.25) is 0 Å². The molecular formula is C20H29N5O2. The van der Waals surface area contributed by atoms with Crippen LogP contribution in [-0.4, -0.2) is 53.0 Å². The number of carbonyl (C=O) groups excluding carboxylic acids is 1. The summed E-state index contributed by atoms with van der Waals surface area (Å²) in [5.41, 5.74) is 0.752. The highest BCUT2D eigenvalue weighted by Gasteiger charge is 2.18. The second-order valence-electron chi connectivity index (χ2n) is 7.20. The predicted molar refractivity (Wildman–Crippen MR) is 106 cm³/mol. The van der Waals surface area contributed by atoms with Gasteiger partial charge in [0.05, 0.1) is 0 Å². The van der Waals surface area contributed by atoms with Crippen molar-refractivity contribution in [3.05, 3.63) is 42.7 Å². The molecule has 1 aliphatic heterocycles. The van der Waals surface area contributed by atoms with Crippen LogP contribution in [0.3, 0.4) is 0 Å². The summed E-state index contributed by atoms with van der Waals surface area (Å²) in [5.74, 6) is 0.850. The monoisotopic (exact) mass is 371 g/mol. The lowest BCUT2D eigenvalue weighted by Gasteiger charge is -2.29. The fraction of sp³-hybridized carbons (Fsp3) is 0.500. The summed E-state index contributed by atoms with van der Waals surface area (Å²) < 4.78 is 7.89. The molecule has 1 aliphatic rings. The Morgan fingerprint density at radius 1 is 1.30 bits per heavy atom. The first-order valence-corrected chi connectivity index (χ1v) is 9.59. The first-order chi connectivity index (χ1) is 13.1. The third kappa shape index (κ3) is 6.29. The molecule has 1 aromatic heterocycles. The Balaban J connectivity index is 1.40. The number of piperidine rings is 1. The number of amides is 2. The molecule has 2 heterocycles. The van der Waals surface area contributed by atoms with Gasteiger partial charge in [0, 0.05) is 43.8 Å². The number of benzene rings is 1. The molecule has 1 aromatic carbocycles. The smallest absolute Gasteiger partial charge is 0.319 e. The van der Waals surface area contributed by atoms with Crippen molar-refractivity contribution in [2.75, 3.05) is 25.5 Å². The van der Waals surface area contributed by atoms with Crippen LogP contribution in [0.5, 0.6) is 5.75 Å². The molecule has 2 aromatic rings. The lowest BCUT2D eigenvalue weighted by molar-refractivity contribution is 0.114. The van der Waals surface area contributed by atoms with E-state index in [1.807, 2.05) is 48.1 Å². The van der Waals surface area contributed by atoms with Crippen LogP contribution in [-0.2, 0) is 6.54 Å². The van der Waals surface area contributed by atoms with Crippen LogP contribution in [0.2, 0.25) is 0 Å². The van der Waals surface area contributed by atoms with Gasteiger partial charge in [0.15, 0.2) is 0 Å². The zero-order valence-corrected chi connectivity index (χ0v) is 16.1.